The summed E-state index contributed by atoms with van der Waals surface area (Å²) in [5.74, 6) is 0.434. The number of rotatable bonds is 6. The van der Waals surface area contributed by atoms with E-state index in [2.05, 4.69) is 20.8 Å². The van der Waals surface area contributed by atoms with Crippen LogP contribution in [-0.4, -0.2) is 45.4 Å². The van der Waals surface area contributed by atoms with Gasteiger partial charge in [-0.3, -0.25) is 4.79 Å². The molecule has 1 atom stereocenters. The zero-order valence-electron chi connectivity index (χ0n) is 15.5. The van der Waals surface area contributed by atoms with E-state index in [9.17, 15) is 4.79 Å². The predicted octanol–water partition coefficient (Wildman–Crippen LogP) is 2.78. The van der Waals surface area contributed by atoms with E-state index in [1.807, 2.05) is 25.1 Å². The highest BCUT2D eigenvalue weighted by Gasteiger charge is 2.17. The van der Waals surface area contributed by atoms with Crippen LogP contribution in [0.4, 0.5) is 5.69 Å². The van der Waals surface area contributed by atoms with E-state index in [1.165, 1.54) is 11.0 Å². The quantitative estimate of drug-likeness (QED) is 0.708. The summed E-state index contributed by atoms with van der Waals surface area (Å²) in [6, 6.07) is 12.7. The van der Waals surface area contributed by atoms with Gasteiger partial charge in [0.25, 0.3) is 5.91 Å². The van der Waals surface area contributed by atoms with Crippen molar-refractivity contribution in [2.45, 2.75) is 25.9 Å². The van der Waals surface area contributed by atoms with Gasteiger partial charge in [-0.15, -0.1) is 5.10 Å². The van der Waals surface area contributed by atoms with Gasteiger partial charge in [0.1, 0.15) is 18.7 Å². The van der Waals surface area contributed by atoms with Gasteiger partial charge in [0.15, 0.2) is 0 Å². The number of carbonyl (C=O) groups is 1. The van der Waals surface area contributed by atoms with Gasteiger partial charge in [0.2, 0.25) is 0 Å². The lowest BCUT2D eigenvalue weighted by Gasteiger charge is -2.16. The summed E-state index contributed by atoms with van der Waals surface area (Å²) in [6.07, 6.45) is 3.68. The number of nitrogens with one attached hydrogen (secondary N) is 1. The van der Waals surface area contributed by atoms with Crippen molar-refractivity contribution in [1.82, 2.24) is 20.2 Å². The highest BCUT2D eigenvalue weighted by molar-refractivity contribution is 6.05. The molecule has 2 aromatic carbocycles. The first-order valence-corrected chi connectivity index (χ1v) is 9.19. The van der Waals surface area contributed by atoms with Crippen LogP contribution in [0.5, 0.6) is 5.75 Å². The van der Waals surface area contributed by atoms with Gasteiger partial charge in [-0.1, -0.05) is 6.07 Å². The van der Waals surface area contributed by atoms with Gasteiger partial charge in [-0.2, -0.15) is 0 Å². The standard InChI is InChI=1S/C20H21N5O3/c1-14-4-9-18(19(11-14)28-12-17-3-2-10-27-17)22-20(26)15-5-7-16(8-6-15)25-13-21-23-24-25/h4-9,11,13,17H,2-3,10,12H2,1H3,(H,22,26). The Morgan fingerprint density at radius 1 is 1.29 bits per heavy atom. The summed E-state index contributed by atoms with van der Waals surface area (Å²) in [7, 11) is 0. The number of benzene rings is 2. The van der Waals surface area contributed by atoms with Crippen LogP contribution < -0.4 is 10.1 Å². The molecular weight excluding hydrogens is 358 g/mol. The van der Waals surface area contributed by atoms with Gasteiger partial charge in [0, 0.05) is 12.2 Å². The van der Waals surface area contributed by atoms with Crippen molar-refractivity contribution >= 4 is 11.6 Å². The summed E-state index contributed by atoms with van der Waals surface area (Å²) in [5.41, 5.74) is 3.00. The molecule has 1 aliphatic rings. The van der Waals surface area contributed by atoms with Gasteiger partial charge >= 0.3 is 0 Å². The fourth-order valence-electron chi connectivity index (χ4n) is 3.05. The molecule has 1 saturated heterocycles. The molecule has 8 heteroatoms. The van der Waals surface area contributed by atoms with Gasteiger partial charge in [-0.05, 0) is 72.2 Å². The zero-order valence-corrected chi connectivity index (χ0v) is 15.5. The number of nitrogens with zero attached hydrogens (tertiary/aromatic N) is 4. The number of carbonyl (C=O) groups excluding carboxylic acids is 1. The number of amides is 1. The summed E-state index contributed by atoms with van der Waals surface area (Å²) < 4.78 is 13.1. The van der Waals surface area contributed by atoms with Crippen LogP contribution in [0.2, 0.25) is 0 Å². The molecule has 0 saturated carbocycles. The minimum Gasteiger partial charge on any atom is -0.489 e. The third kappa shape index (κ3) is 4.17. The van der Waals surface area contributed by atoms with Crippen LogP contribution in [0.25, 0.3) is 5.69 Å². The molecular formula is C20H21N5O3. The molecule has 3 aromatic rings. The molecule has 1 aromatic heterocycles. The van der Waals surface area contributed by atoms with Crippen LogP contribution in [0.1, 0.15) is 28.8 Å². The lowest BCUT2D eigenvalue weighted by molar-refractivity contribution is 0.0681. The largest absolute Gasteiger partial charge is 0.489 e. The maximum absolute atomic E-state index is 12.7. The highest BCUT2D eigenvalue weighted by Crippen LogP contribution is 2.27. The van der Waals surface area contributed by atoms with Crippen LogP contribution in [0.3, 0.4) is 0 Å². The molecule has 8 nitrogen and oxygen atoms in total. The summed E-state index contributed by atoms with van der Waals surface area (Å²) in [5, 5.41) is 14.0. The Bertz CT molecular complexity index is 935. The zero-order chi connectivity index (χ0) is 19.3. The van der Waals surface area contributed by atoms with Gasteiger partial charge in [0.05, 0.1) is 17.5 Å². The number of ether oxygens (including phenoxy) is 2. The number of aromatic nitrogens is 4. The van der Waals surface area contributed by atoms with E-state index < -0.39 is 0 Å². The van der Waals surface area contributed by atoms with Crippen LogP contribution >= 0.6 is 0 Å². The van der Waals surface area contributed by atoms with Crippen LogP contribution in [0.15, 0.2) is 48.8 Å². The van der Waals surface area contributed by atoms with E-state index in [0.717, 1.165) is 30.7 Å². The first-order chi connectivity index (χ1) is 13.7. The number of anilines is 1. The van der Waals surface area contributed by atoms with Crippen molar-refractivity contribution < 1.29 is 14.3 Å². The van der Waals surface area contributed by atoms with E-state index in [1.54, 1.807) is 24.3 Å². The normalized spacial score (nSPS) is 16.1. The molecule has 2 heterocycles. The molecule has 4 rings (SSSR count). The number of hydrogen-bond donors (Lipinski definition) is 1. The van der Waals surface area contributed by atoms with E-state index in [-0.39, 0.29) is 12.0 Å². The minimum absolute atomic E-state index is 0.114. The van der Waals surface area contributed by atoms with Crippen molar-refractivity contribution in [2.75, 3.05) is 18.5 Å². The molecule has 1 fully saturated rings. The minimum atomic E-state index is -0.214. The maximum atomic E-state index is 12.7. The fourth-order valence-corrected chi connectivity index (χ4v) is 3.05. The average molecular weight is 379 g/mol. The fraction of sp³-hybridized carbons (Fsp3) is 0.300. The van der Waals surface area contributed by atoms with Crippen molar-refractivity contribution in [3.8, 4) is 11.4 Å². The van der Waals surface area contributed by atoms with Crippen molar-refractivity contribution in [2.24, 2.45) is 0 Å². The third-order valence-electron chi connectivity index (χ3n) is 4.58. The van der Waals surface area contributed by atoms with E-state index in [4.69, 9.17) is 9.47 Å². The Hall–Kier alpha value is -3.26. The van der Waals surface area contributed by atoms with Crippen LogP contribution in [-0.2, 0) is 4.74 Å². The van der Waals surface area contributed by atoms with E-state index in [0.29, 0.717) is 23.6 Å². The van der Waals surface area contributed by atoms with Gasteiger partial charge < -0.3 is 14.8 Å². The Balaban J connectivity index is 1.46. The summed E-state index contributed by atoms with van der Waals surface area (Å²) in [4.78, 5) is 12.7. The molecule has 1 N–H and O–H groups in total. The molecule has 0 bridgehead atoms. The third-order valence-corrected chi connectivity index (χ3v) is 4.58. The molecule has 144 valence electrons. The topological polar surface area (TPSA) is 91.2 Å². The average Bonchev–Trinajstić information content (AvgIpc) is 3.42. The lowest BCUT2D eigenvalue weighted by atomic mass is 10.1. The molecule has 28 heavy (non-hydrogen) atoms. The molecule has 0 aliphatic carbocycles. The monoisotopic (exact) mass is 379 g/mol. The Labute approximate surface area is 162 Å². The smallest absolute Gasteiger partial charge is 0.255 e. The maximum Gasteiger partial charge on any atom is 0.255 e. The molecule has 1 aliphatic heterocycles. The number of hydrogen-bond acceptors (Lipinski definition) is 6. The Morgan fingerprint density at radius 3 is 2.86 bits per heavy atom. The Kier molecular flexibility index (Phi) is 5.29. The predicted molar refractivity (Wildman–Crippen MR) is 103 cm³/mol. The first-order valence-electron chi connectivity index (χ1n) is 9.19. The van der Waals surface area contributed by atoms with Crippen molar-refractivity contribution in [3.05, 3.63) is 59.9 Å². The number of tetrazole rings is 1. The highest BCUT2D eigenvalue weighted by atomic mass is 16.5. The second-order valence-electron chi connectivity index (χ2n) is 6.70. The van der Waals surface area contributed by atoms with E-state index >= 15 is 0 Å². The summed E-state index contributed by atoms with van der Waals surface area (Å²) in [6.45, 7) is 3.25. The molecule has 0 spiro atoms. The lowest BCUT2D eigenvalue weighted by Crippen LogP contribution is -2.18. The first kappa shape index (κ1) is 18.1. The Morgan fingerprint density at radius 2 is 2.14 bits per heavy atom. The van der Waals surface area contributed by atoms with Crippen molar-refractivity contribution in [3.63, 3.8) is 0 Å². The van der Waals surface area contributed by atoms with Crippen molar-refractivity contribution in [1.29, 1.82) is 0 Å². The van der Waals surface area contributed by atoms with Gasteiger partial charge in [-0.25, -0.2) is 4.68 Å². The molecule has 0 radical (unpaired) electrons. The second-order valence-corrected chi connectivity index (χ2v) is 6.70. The number of aryl methyl sites for hydroxylation is 1. The van der Waals surface area contributed by atoms with Crippen LogP contribution in [0, 0.1) is 6.92 Å². The molecule has 1 unspecified atom stereocenters. The SMILES string of the molecule is Cc1ccc(NC(=O)c2ccc(-n3cnnn3)cc2)c(OCC2CCCO2)c1. The summed E-state index contributed by atoms with van der Waals surface area (Å²) >= 11 is 0. The second kappa shape index (κ2) is 8.18. The molecule has 1 amide bonds.